The number of methoxy groups -OCH3 is 2. The van der Waals surface area contributed by atoms with E-state index >= 15 is 0 Å². The predicted octanol–water partition coefficient (Wildman–Crippen LogP) is 1.62. The maximum absolute atomic E-state index is 13.1. The number of fused-ring (bicyclic) bond motifs is 1. The van der Waals surface area contributed by atoms with E-state index < -0.39 is 29.2 Å². The molecule has 2 aromatic carbocycles. The summed E-state index contributed by atoms with van der Waals surface area (Å²) in [7, 11) is 2.16. The molecule has 0 saturated heterocycles. The van der Waals surface area contributed by atoms with Gasteiger partial charge in [0.05, 0.1) is 14.2 Å². The molecule has 3 heterocycles. The summed E-state index contributed by atoms with van der Waals surface area (Å²) in [4.78, 5) is 57.8. The summed E-state index contributed by atoms with van der Waals surface area (Å²) in [6.07, 6.45) is 1.16. The van der Waals surface area contributed by atoms with Crippen molar-refractivity contribution in [3.8, 4) is 22.5 Å². The average molecular weight is 559 g/mol. The second kappa shape index (κ2) is 11.4. The molecule has 0 amide bonds. The van der Waals surface area contributed by atoms with Gasteiger partial charge in [-0.3, -0.25) is 14.3 Å². The number of carbonyl (C=O) groups is 2. The Balaban J connectivity index is 1.60. The van der Waals surface area contributed by atoms with Crippen LogP contribution in [-0.2, 0) is 32.0 Å². The molecule has 2 N–H and O–H groups in total. The van der Waals surface area contributed by atoms with Crippen LogP contribution in [-0.4, -0.2) is 65.9 Å². The van der Waals surface area contributed by atoms with Crippen LogP contribution in [0.15, 0.2) is 58.1 Å². The fourth-order valence-electron chi connectivity index (χ4n) is 4.72. The van der Waals surface area contributed by atoms with Crippen LogP contribution in [0.3, 0.4) is 0 Å². The molecule has 0 aliphatic heterocycles. The van der Waals surface area contributed by atoms with Crippen molar-refractivity contribution in [2.24, 2.45) is 0 Å². The number of imidazole rings is 1. The summed E-state index contributed by atoms with van der Waals surface area (Å²) in [5, 5.41) is 14.3. The number of ether oxygens (including phenoxy) is 2. The number of rotatable bonds is 9. The van der Waals surface area contributed by atoms with Crippen molar-refractivity contribution in [3.05, 3.63) is 80.8 Å². The molecule has 0 spiro atoms. The molecule has 0 fully saturated rings. The Kier molecular flexibility index (Phi) is 7.54. The molecule has 0 atom stereocenters. The van der Waals surface area contributed by atoms with Gasteiger partial charge in [-0.05, 0) is 28.3 Å². The SMILES string of the molecule is CCCc1nc2c(c(=O)[nH]c(=O)n2C(C(=O)OC)C(=O)OC)n1Cc1ccc(-c2ccccc2-c2nn[nH]n2)cc1. The lowest BCUT2D eigenvalue weighted by molar-refractivity contribution is -0.157. The van der Waals surface area contributed by atoms with Crippen LogP contribution in [0, 0.1) is 0 Å². The summed E-state index contributed by atoms with van der Waals surface area (Å²) in [5.74, 6) is -1.08. The maximum atomic E-state index is 13.1. The van der Waals surface area contributed by atoms with Gasteiger partial charge in [0.2, 0.25) is 11.9 Å². The van der Waals surface area contributed by atoms with Gasteiger partial charge in [0, 0.05) is 18.5 Å². The second-order valence-corrected chi connectivity index (χ2v) is 9.09. The lowest BCUT2D eigenvalue weighted by Gasteiger charge is -2.15. The number of aryl methyl sites for hydroxylation is 1. The number of hydrogen-bond donors (Lipinski definition) is 2. The average Bonchev–Trinajstić information content (AvgIpc) is 3.64. The topological polar surface area (TPSA) is 180 Å². The Morgan fingerprint density at radius 2 is 1.66 bits per heavy atom. The van der Waals surface area contributed by atoms with E-state index in [0.29, 0.717) is 24.5 Å². The number of tetrazole rings is 1. The number of benzene rings is 2. The molecule has 0 unspecified atom stereocenters. The summed E-state index contributed by atoms with van der Waals surface area (Å²) < 4.78 is 12.0. The summed E-state index contributed by atoms with van der Waals surface area (Å²) in [5.41, 5.74) is 1.73. The van der Waals surface area contributed by atoms with Gasteiger partial charge in [0.1, 0.15) is 5.82 Å². The molecule has 210 valence electrons. The van der Waals surface area contributed by atoms with Crippen LogP contribution in [0.2, 0.25) is 0 Å². The zero-order chi connectivity index (χ0) is 29.1. The van der Waals surface area contributed by atoms with Gasteiger partial charge < -0.3 is 14.0 Å². The standard InChI is InChI=1S/C27H26N8O6/c1-4-7-19-28-23-20(24(36)29-27(39)35(23)21(25(37)40-2)26(38)41-3)34(19)14-15-10-12-16(13-11-15)17-8-5-6-9-18(17)22-30-32-33-31-22/h5-6,8-13,21H,4,7,14H2,1-3H3,(H,29,36,39)(H,30,31,32,33). The number of nitrogens with one attached hydrogen (secondary N) is 2. The van der Waals surface area contributed by atoms with E-state index in [1.54, 1.807) is 4.57 Å². The molecular weight excluding hydrogens is 532 g/mol. The Bertz CT molecular complexity index is 1820. The fraction of sp³-hybridized carbons (Fsp3) is 0.259. The first kappa shape index (κ1) is 27.2. The molecule has 0 bridgehead atoms. The van der Waals surface area contributed by atoms with Gasteiger partial charge in [-0.2, -0.15) is 5.21 Å². The first-order chi connectivity index (χ1) is 19.9. The molecule has 5 aromatic rings. The zero-order valence-electron chi connectivity index (χ0n) is 22.5. The highest BCUT2D eigenvalue weighted by molar-refractivity contribution is 5.98. The van der Waals surface area contributed by atoms with Crippen molar-refractivity contribution in [2.45, 2.75) is 32.4 Å². The van der Waals surface area contributed by atoms with Crippen molar-refractivity contribution < 1.29 is 19.1 Å². The number of aromatic nitrogens is 8. The van der Waals surface area contributed by atoms with Crippen LogP contribution in [0.25, 0.3) is 33.7 Å². The van der Waals surface area contributed by atoms with E-state index in [9.17, 15) is 19.2 Å². The minimum Gasteiger partial charge on any atom is -0.467 e. The quantitative estimate of drug-likeness (QED) is 0.199. The van der Waals surface area contributed by atoms with Crippen LogP contribution in [0.5, 0.6) is 0 Å². The van der Waals surface area contributed by atoms with Crippen LogP contribution in [0.4, 0.5) is 0 Å². The van der Waals surface area contributed by atoms with E-state index in [0.717, 1.165) is 41.0 Å². The molecule has 0 radical (unpaired) electrons. The largest absolute Gasteiger partial charge is 0.467 e. The van der Waals surface area contributed by atoms with E-state index in [-0.39, 0.29) is 17.7 Å². The first-order valence-corrected chi connectivity index (χ1v) is 12.7. The third-order valence-corrected chi connectivity index (χ3v) is 6.61. The monoisotopic (exact) mass is 558 g/mol. The van der Waals surface area contributed by atoms with Crippen molar-refractivity contribution in [1.82, 2.24) is 39.7 Å². The van der Waals surface area contributed by atoms with Crippen molar-refractivity contribution in [2.75, 3.05) is 14.2 Å². The summed E-state index contributed by atoms with van der Waals surface area (Å²) in [6.45, 7) is 2.18. The molecule has 5 rings (SSSR count). The third-order valence-electron chi connectivity index (χ3n) is 6.61. The normalized spacial score (nSPS) is 11.2. The molecule has 14 heteroatoms. The van der Waals surface area contributed by atoms with E-state index in [1.807, 2.05) is 55.5 Å². The lowest BCUT2D eigenvalue weighted by Crippen LogP contribution is -2.40. The van der Waals surface area contributed by atoms with Crippen LogP contribution < -0.4 is 11.2 Å². The number of aromatic amines is 2. The molecule has 3 aromatic heterocycles. The van der Waals surface area contributed by atoms with Crippen molar-refractivity contribution in [1.29, 1.82) is 0 Å². The lowest BCUT2D eigenvalue weighted by atomic mass is 9.98. The summed E-state index contributed by atoms with van der Waals surface area (Å²) in [6, 6.07) is 13.6. The third kappa shape index (κ3) is 5.02. The molecule has 14 nitrogen and oxygen atoms in total. The minimum absolute atomic E-state index is 0.0392. The van der Waals surface area contributed by atoms with Gasteiger partial charge in [-0.25, -0.2) is 19.4 Å². The zero-order valence-corrected chi connectivity index (χ0v) is 22.5. The van der Waals surface area contributed by atoms with Crippen LogP contribution >= 0.6 is 0 Å². The molecular formula is C27H26N8O6. The highest BCUT2D eigenvalue weighted by Gasteiger charge is 2.35. The number of hydrogen-bond acceptors (Lipinski definition) is 10. The second-order valence-electron chi connectivity index (χ2n) is 9.09. The van der Waals surface area contributed by atoms with Gasteiger partial charge in [0.15, 0.2) is 11.2 Å². The number of esters is 2. The summed E-state index contributed by atoms with van der Waals surface area (Å²) >= 11 is 0. The Morgan fingerprint density at radius 3 is 2.27 bits per heavy atom. The molecule has 0 aliphatic rings. The van der Waals surface area contributed by atoms with Crippen molar-refractivity contribution >= 4 is 23.1 Å². The Hall–Kier alpha value is -5.40. The van der Waals surface area contributed by atoms with Crippen molar-refractivity contribution in [3.63, 3.8) is 0 Å². The highest BCUT2D eigenvalue weighted by Crippen LogP contribution is 2.30. The van der Waals surface area contributed by atoms with E-state index in [1.165, 1.54) is 0 Å². The minimum atomic E-state index is -1.78. The first-order valence-electron chi connectivity index (χ1n) is 12.7. The van der Waals surface area contributed by atoms with E-state index in [2.05, 4.69) is 30.6 Å². The predicted molar refractivity (Wildman–Crippen MR) is 146 cm³/mol. The molecule has 0 saturated carbocycles. The number of nitrogens with zero attached hydrogens (tertiary/aromatic N) is 6. The van der Waals surface area contributed by atoms with Crippen LogP contribution in [0.1, 0.15) is 30.8 Å². The number of carbonyl (C=O) groups excluding carboxylic acids is 2. The fourth-order valence-corrected chi connectivity index (χ4v) is 4.72. The van der Waals surface area contributed by atoms with E-state index in [4.69, 9.17) is 9.47 Å². The van der Waals surface area contributed by atoms with Gasteiger partial charge in [0.25, 0.3) is 5.56 Å². The maximum Gasteiger partial charge on any atom is 0.340 e. The molecule has 41 heavy (non-hydrogen) atoms. The number of H-pyrrole nitrogens is 2. The van der Waals surface area contributed by atoms with Gasteiger partial charge >= 0.3 is 17.6 Å². The van der Waals surface area contributed by atoms with Gasteiger partial charge in [-0.1, -0.05) is 55.5 Å². The Labute approximate surface area is 232 Å². The van der Waals surface area contributed by atoms with Gasteiger partial charge in [-0.15, -0.1) is 10.2 Å². The smallest absolute Gasteiger partial charge is 0.340 e. The highest BCUT2D eigenvalue weighted by atomic mass is 16.5. The molecule has 0 aliphatic carbocycles. The Morgan fingerprint density at radius 1 is 0.976 bits per heavy atom.